The van der Waals surface area contributed by atoms with Crippen molar-refractivity contribution in [2.75, 3.05) is 26.2 Å². The first-order valence-electron chi connectivity index (χ1n) is 6.94. The van der Waals surface area contributed by atoms with Crippen LogP contribution in [-0.4, -0.2) is 65.9 Å². The normalized spacial score (nSPS) is 20.4. The summed E-state index contributed by atoms with van der Waals surface area (Å²) in [7, 11) is 3.95. The van der Waals surface area contributed by atoms with Gasteiger partial charge in [-0.15, -0.1) is 0 Å². The van der Waals surface area contributed by atoms with Gasteiger partial charge in [0.05, 0.1) is 0 Å². The molecule has 2 rings (SSSR count). The van der Waals surface area contributed by atoms with E-state index in [0.717, 1.165) is 8.64 Å². The van der Waals surface area contributed by atoms with Crippen molar-refractivity contribution < 1.29 is 0 Å². The topological polar surface area (TPSA) is 6.48 Å². The van der Waals surface area contributed by atoms with Crippen LogP contribution in [0.2, 0.25) is 0 Å². The van der Waals surface area contributed by atoms with Gasteiger partial charge in [-0.3, -0.25) is 0 Å². The zero-order chi connectivity index (χ0) is 13.5. The molecule has 0 atom stereocenters. The molecule has 2 fully saturated rings. The summed E-state index contributed by atoms with van der Waals surface area (Å²) in [5, 5.41) is 0. The Hall–Kier alpha value is 1.40. The van der Waals surface area contributed by atoms with E-state index in [1.165, 1.54) is 64.7 Å². The van der Waals surface area contributed by atoms with Crippen molar-refractivity contribution >= 4 is 70.9 Å². The van der Waals surface area contributed by atoms with Crippen LogP contribution in [-0.2, 0) is 0 Å². The molecule has 2 aliphatic rings. The van der Waals surface area contributed by atoms with Gasteiger partial charge >= 0.3 is 145 Å². The fourth-order valence-electron chi connectivity index (χ4n) is 2.37. The van der Waals surface area contributed by atoms with Gasteiger partial charge in [0.15, 0.2) is 0 Å². The van der Waals surface area contributed by atoms with Gasteiger partial charge in [0.2, 0.25) is 0 Å². The van der Waals surface area contributed by atoms with E-state index in [1.807, 2.05) is 16.6 Å². The molecule has 0 aromatic rings. The fraction of sp³-hybridized carbons (Fsp3) is 0.833. The molecular weight excluding hydrogens is 508 g/mol. The van der Waals surface area contributed by atoms with Gasteiger partial charge in [-0.2, -0.15) is 0 Å². The second-order valence-corrected chi connectivity index (χ2v) is 18.6. The average molecular weight is 528 g/mol. The summed E-state index contributed by atoms with van der Waals surface area (Å²) in [5.74, 6) is 0. The van der Waals surface area contributed by atoms with Gasteiger partial charge in [-0.25, -0.2) is 0 Å². The summed E-state index contributed by atoms with van der Waals surface area (Å²) in [4.78, 5) is 4.81. The van der Waals surface area contributed by atoms with Crippen LogP contribution in [0.5, 0.6) is 0 Å². The summed E-state index contributed by atoms with van der Waals surface area (Å²) in [6, 6.07) is 0. The van der Waals surface area contributed by atoms with Crippen LogP contribution >= 0.6 is 41.1 Å². The van der Waals surface area contributed by atoms with Gasteiger partial charge in [-0.05, 0) is 0 Å². The number of piperidine rings is 2. The number of hydrogen-bond acceptors (Lipinski definition) is 4. The quantitative estimate of drug-likeness (QED) is 0.398. The second kappa shape index (κ2) is 9.43. The molecule has 0 aromatic carbocycles. The van der Waals surface area contributed by atoms with Crippen molar-refractivity contribution in [3.05, 3.63) is 0 Å². The molecule has 0 unspecified atom stereocenters. The van der Waals surface area contributed by atoms with Crippen LogP contribution in [0.4, 0.5) is 0 Å². The van der Waals surface area contributed by atoms with Crippen molar-refractivity contribution in [3.63, 3.8) is 0 Å². The van der Waals surface area contributed by atoms with Crippen LogP contribution in [0.3, 0.4) is 0 Å². The minimum absolute atomic E-state index is 0.814. The molecule has 0 saturated carbocycles. The SMILES string of the molecule is S=C([S][Pb][S]C(=S)N1CCCCC1)N1CCCCC1. The van der Waals surface area contributed by atoms with Gasteiger partial charge in [0.25, 0.3) is 0 Å². The fourth-order valence-corrected chi connectivity index (χ4v) is 18.9. The van der Waals surface area contributed by atoms with E-state index in [1.54, 1.807) is 0 Å². The Kier molecular flexibility index (Phi) is 8.32. The van der Waals surface area contributed by atoms with Crippen molar-refractivity contribution in [1.82, 2.24) is 9.80 Å². The van der Waals surface area contributed by atoms with Crippen molar-refractivity contribution in [2.45, 2.75) is 38.5 Å². The Morgan fingerprint density at radius 3 is 1.42 bits per heavy atom. The van der Waals surface area contributed by atoms with Gasteiger partial charge in [0.1, 0.15) is 0 Å². The number of thiocarbonyl (C=S) groups is 2. The molecule has 2 saturated heterocycles. The van der Waals surface area contributed by atoms with Crippen LogP contribution in [0.15, 0.2) is 0 Å². The Morgan fingerprint density at radius 2 is 1.05 bits per heavy atom. The van der Waals surface area contributed by atoms with E-state index in [-0.39, 0.29) is 0 Å². The van der Waals surface area contributed by atoms with E-state index in [2.05, 4.69) is 9.80 Å². The number of rotatable bonds is 2. The molecule has 2 nitrogen and oxygen atoms in total. The molecule has 0 amide bonds. The molecule has 106 valence electrons. The van der Waals surface area contributed by atoms with Crippen LogP contribution < -0.4 is 0 Å². The summed E-state index contributed by atoms with van der Waals surface area (Å²) < 4.78 is 2.30. The average Bonchev–Trinajstić information content (AvgIpc) is 2.49. The zero-order valence-electron chi connectivity index (χ0n) is 11.1. The van der Waals surface area contributed by atoms with E-state index < -0.39 is 21.2 Å². The van der Waals surface area contributed by atoms with E-state index in [0.29, 0.717) is 0 Å². The van der Waals surface area contributed by atoms with Crippen molar-refractivity contribution in [2.24, 2.45) is 0 Å². The predicted octanol–water partition coefficient (Wildman–Crippen LogP) is 3.53. The first-order valence-corrected chi connectivity index (χ1v) is 18.9. The molecule has 19 heavy (non-hydrogen) atoms. The number of nitrogens with zero attached hydrogens (tertiary/aromatic N) is 2. The van der Waals surface area contributed by atoms with Crippen LogP contribution in [0.1, 0.15) is 38.5 Å². The summed E-state index contributed by atoms with van der Waals surface area (Å²) in [6.07, 6.45) is 8.00. The molecule has 0 bridgehead atoms. The Balaban J connectivity index is 1.62. The summed E-state index contributed by atoms with van der Waals surface area (Å²) >= 11 is 10.3. The first kappa shape index (κ1) is 16.8. The third-order valence-electron chi connectivity index (χ3n) is 3.49. The molecule has 7 heteroatoms. The molecule has 0 N–H and O–H groups in total. The van der Waals surface area contributed by atoms with E-state index in [4.69, 9.17) is 24.4 Å². The molecule has 0 aliphatic carbocycles. The van der Waals surface area contributed by atoms with E-state index in [9.17, 15) is 0 Å². The molecule has 2 aliphatic heterocycles. The van der Waals surface area contributed by atoms with Gasteiger partial charge < -0.3 is 0 Å². The maximum atomic E-state index is 5.55. The third kappa shape index (κ3) is 5.96. The molecular formula is C12H20N2PbS4. The molecule has 2 heterocycles. The standard InChI is InChI=1S/2C6H11NS2.Pb/c2*8-6(9)7-4-2-1-3-5-7;/h2*1-5H2,(H,8,9);/q;;+2/p-2. The Morgan fingerprint density at radius 1 is 0.684 bits per heavy atom. The molecule has 0 spiro atoms. The Labute approximate surface area is 144 Å². The van der Waals surface area contributed by atoms with E-state index >= 15 is 0 Å². The predicted molar refractivity (Wildman–Crippen MR) is 97.0 cm³/mol. The van der Waals surface area contributed by atoms with Crippen molar-refractivity contribution in [1.29, 1.82) is 0 Å². The van der Waals surface area contributed by atoms with Crippen LogP contribution in [0, 0.1) is 0 Å². The number of hydrogen-bond donors (Lipinski definition) is 0. The van der Waals surface area contributed by atoms with Gasteiger partial charge in [0, 0.05) is 0 Å². The van der Waals surface area contributed by atoms with Gasteiger partial charge in [-0.1, -0.05) is 0 Å². The number of likely N-dealkylation sites (tertiary alicyclic amines) is 2. The Bertz CT molecular complexity index is 285. The third-order valence-corrected chi connectivity index (χ3v) is 19.8. The molecule has 0 aromatic heterocycles. The monoisotopic (exact) mass is 528 g/mol. The minimum atomic E-state index is -0.814. The van der Waals surface area contributed by atoms with Crippen molar-refractivity contribution in [3.8, 4) is 0 Å². The first-order chi connectivity index (χ1) is 9.27. The van der Waals surface area contributed by atoms with Crippen LogP contribution in [0.25, 0.3) is 0 Å². The molecule has 2 radical (unpaired) electrons. The zero-order valence-corrected chi connectivity index (χ0v) is 18.3. The summed E-state index contributed by atoms with van der Waals surface area (Å²) in [5.41, 5.74) is 0. The summed E-state index contributed by atoms with van der Waals surface area (Å²) in [6.45, 7) is 4.71. The maximum absolute atomic E-state index is 5.55. The second-order valence-electron chi connectivity index (χ2n) is 4.91.